The smallest absolute Gasteiger partial charge is 0.00378 e. The van der Waals surface area contributed by atoms with E-state index in [9.17, 15) is 0 Å². The van der Waals surface area contributed by atoms with Crippen molar-refractivity contribution in [2.45, 2.75) is 6.42 Å². The highest BCUT2D eigenvalue weighted by Gasteiger charge is 1.88. The topological polar surface area (TPSA) is 27.8 Å². The van der Waals surface area contributed by atoms with Gasteiger partial charge in [-0.05, 0) is 31.6 Å². The SMILES string of the molecule is CNCCc1cc[nH]c1. The summed E-state index contributed by atoms with van der Waals surface area (Å²) in [6.45, 7) is 1.05. The minimum atomic E-state index is 1.05. The van der Waals surface area contributed by atoms with E-state index in [-0.39, 0.29) is 0 Å². The normalized spacial score (nSPS) is 9.89. The lowest BCUT2D eigenvalue weighted by molar-refractivity contribution is 0.792. The predicted octanol–water partition coefficient (Wildman–Crippen LogP) is 0.777. The van der Waals surface area contributed by atoms with Crippen LogP contribution in [0.2, 0.25) is 0 Å². The number of hydrogen-bond acceptors (Lipinski definition) is 1. The van der Waals surface area contributed by atoms with Crippen LogP contribution in [0, 0.1) is 0 Å². The summed E-state index contributed by atoms with van der Waals surface area (Å²) < 4.78 is 0. The van der Waals surface area contributed by atoms with Gasteiger partial charge in [-0.3, -0.25) is 0 Å². The Bertz CT molecular complexity index is 144. The maximum Gasteiger partial charge on any atom is 0.00378 e. The van der Waals surface area contributed by atoms with Crippen LogP contribution < -0.4 is 5.32 Å². The number of rotatable bonds is 3. The molecule has 50 valence electrons. The molecule has 1 rings (SSSR count). The van der Waals surface area contributed by atoms with Gasteiger partial charge in [0.1, 0.15) is 0 Å². The van der Waals surface area contributed by atoms with Gasteiger partial charge in [-0.15, -0.1) is 0 Å². The fourth-order valence-corrected chi connectivity index (χ4v) is 0.783. The zero-order chi connectivity index (χ0) is 6.53. The van der Waals surface area contributed by atoms with E-state index in [1.165, 1.54) is 5.56 Å². The average Bonchev–Trinajstić information content (AvgIpc) is 2.34. The third kappa shape index (κ3) is 1.90. The van der Waals surface area contributed by atoms with E-state index in [0.717, 1.165) is 13.0 Å². The van der Waals surface area contributed by atoms with E-state index in [2.05, 4.69) is 16.4 Å². The zero-order valence-corrected chi connectivity index (χ0v) is 5.65. The largest absolute Gasteiger partial charge is 0.367 e. The molecular formula is C7H12N2. The molecule has 9 heavy (non-hydrogen) atoms. The Morgan fingerprint density at radius 2 is 2.56 bits per heavy atom. The van der Waals surface area contributed by atoms with Gasteiger partial charge in [0.15, 0.2) is 0 Å². The standard InChI is InChI=1S/C7H12N2/c1-8-4-2-7-3-5-9-6-7/h3,5-6,8-9H,2,4H2,1H3. The maximum absolute atomic E-state index is 3.09. The lowest BCUT2D eigenvalue weighted by Gasteiger charge is -1.93. The van der Waals surface area contributed by atoms with Crippen LogP contribution in [0.25, 0.3) is 0 Å². The molecule has 1 heterocycles. The van der Waals surface area contributed by atoms with Crippen LogP contribution in [0.4, 0.5) is 0 Å². The monoisotopic (exact) mass is 124 g/mol. The molecule has 2 N–H and O–H groups in total. The van der Waals surface area contributed by atoms with Gasteiger partial charge in [-0.25, -0.2) is 0 Å². The Morgan fingerprint density at radius 1 is 1.67 bits per heavy atom. The Morgan fingerprint density at radius 3 is 3.11 bits per heavy atom. The van der Waals surface area contributed by atoms with Crippen molar-refractivity contribution in [3.8, 4) is 0 Å². The van der Waals surface area contributed by atoms with Gasteiger partial charge in [0.25, 0.3) is 0 Å². The minimum Gasteiger partial charge on any atom is -0.367 e. The molecule has 1 aromatic heterocycles. The second-order valence-corrected chi connectivity index (χ2v) is 2.07. The highest BCUT2D eigenvalue weighted by atomic mass is 14.8. The first-order valence-electron chi connectivity index (χ1n) is 3.20. The molecule has 0 saturated heterocycles. The van der Waals surface area contributed by atoms with Crippen molar-refractivity contribution in [1.82, 2.24) is 10.3 Å². The molecule has 1 aromatic rings. The summed E-state index contributed by atoms with van der Waals surface area (Å²) in [6.07, 6.45) is 5.09. The van der Waals surface area contributed by atoms with Crippen LogP contribution in [0.3, 0.4) is 0 Å². The van der Waals surface area contributed by atoms with Crippen molar-refractivity contribution in [3.05, 3.63) is 24.0 Å². The van der Waals surface area contributed by atoms with Crippen molar-refractivity contribution in [2.75, 3.05) is 13.6 Å². The molecule has 0 bridgehead atoms. The molecule has 0 spiro atoms. The lowest BCUT2D eigenvalue weighted by Crippen LogP contribution is -2.09. The van der Waals surface area contributed by atoms with E-state index in [1.807, 2.05) is 19.4 Å². The van der Waals surface area contributed by atoms with Crippen molar-refractivity contribution in [1.29, 1.82) is 0 Å². The first kappa shape index (κ1) is 6.36. The van der Waals surface area contributed by atoms with Crippen LogP contribution in [0.5, 0.6) is 0 Å². The number of likely N-dealkylation sites (N-methyl/N-ethyl adjacent to an activating group) is 1. The van der Waals surface area contributed by atoms with E-state index in [4.69, 9.17) is 0 Å². The summed E-state index contributed by atoms with van der Waals surface area (Å²) in [7, 11) is 1.96. The van der Waals surface area contributed by atoms with Gasteiger partial charge in [-0.2, -0.15) is 0 Å². The van der Waals surface area contributed by atoms with Crippen LogP contribution in [0.1, 0.15) is 5.56 Å². The first-order chi connectivity index (χ1) is 4.43. The molecular weight excluding hydrogens is 112 g/mol. The second kappa shape index (κ2) is 3.30. The van der Waals surface area contributed by atoms with Crippen molar-refractivity contribution < 1.29 is 0 Å². The van der Waals surface area contributed by atoms with Gasteiger partial charge in [0.2, 0.25) is 0 Å². The summed E-state index contributed by atoms with van der Waals surface area (Å²) in [5.41, 5.74) is 1.37. The van der Waals surface area contributed by atoms with Gasteiger partial charge < -0.3 is 10.3 Å². The molecule has 0 aliphatic heterocycles. The van der Waals surface area contributed by atoms with Crippen molar-refractivity contribution in [2.24, 2.45) is 0 Å². The van der Waals surface area contributed by atoms with Crippen LogP contribution in [0.15, 0.2) is 18.5 Å². The fraction of sp³-hybridized carbons (Fsp3) is 0.429. The van der Waals surface area contributed by atoms with E-state index in [0.29, 0.717) is 0 Å². The number of aromatic amines is 1. The Hall–Kier alpha value is -0.760. The summed E-state index contributed by atoms with van der Waals surface area (Å²) in [5, 5.41) is 3.09. The lowest BCUT2D eigenvalue weighted by atomic mass is 10.2. The van der Waals surface area contributed by atoms with Crippen LogP contribution in [-0.4, -0.2) is 18.6 Å². The highest BCUT2D eigenvalue weighted by molar-refractivity contribution is 5.08. The molecule has 0 saturated carbocycles. The Kier molecular flexibility index (Phi) is 2.33. The predicted molar refractivity (Wildman–Crippen MR) is 38.4 cm³/mol. The Balaban J connectivity index is 2.30. The van der Waals surface area contributed by atoms with Gasteiger partial charge >= 0.3 is 0 Å². The number of hydrogen-bond donors (Lipinski definition) is 2. The molecule has 0 radical (unpaired) electrons. The highest BCUT2D eigenvalue weighted by Crippen LogP contribution is 1.95. The fourth-order valence-electron chi connectivity index (χ4n) is 0.783. The van der Waals surface area contributed by atoms with Gasteiger partial charge in [0, 0.05) is 12.4 Å². The molecule has 0 aliphatic carbocycles. The molecule has 0 aliphatic rings. The maximum atomic E-state index is 3.09. The van der Waals surface area contributed by atoms with E-state index < -0.39 is 0 Å². The number of aromatic nitrogens is 1. The second-order valence-electron chi connectivity index (χ2n) is 2.07. The van der Waals surface area contributed by atoms with E-state index >= 15 is 0 Å². The molecule has 0 amide bonds. The summed E-state index contributed by atoms with van der Waals surface area (Å²) in [6, 6.07) is 2.09. The van der Waals surface area contributed by atoms with Crippen LogP contribution in [-0.2, 0) is 6.42 Å². The molecule has 2 heteroatoms. The third-order valence-electron chi connectivity index (χ3n) is 1.33. The summed E-state index contributed by atoms with van der Waals surface area (Å²) in [4.78, 5) is 3.01. The Labute approximate surface area is 55.3 Å². The van der Waals surface area contributed by atoms with Crippen molar-refractivity contribution >= 4 is 0 Å². The molecule has 2 nitrogen and oxygen atoms in total. The zero-order valence-electron chi connectivity index (χ0n) is 5.65. The molecule has 0 atom stereocenters. The summed E-state index contributed by atoms with van der Waals surface area (Å²) >= 11 is 0. The molecule has 0 unspecified atom stereocenters. The van der Waals surface area contributed by atoms with E-state index in [1.54, 1.807) is 0 Å². The number of nitrogens with one attached hydrogen (secondary N) is 2. The minimum absolute atomic E-state index is 1.05. The summed E-state index contributed by atoms with van der Waals surface area (Å²) in [5.74, 6) is 0. The average molecular weight is 124 g/mol. The van der Waals surface area contributed by atoms with Gasteiger partial charge in [-0.1, -0.05) is 0 Å². The van der Waals surface area contributed by atoms with Crippen LogP contribution >= 0.6 is 0 Å². The molecule has 0 aromatic carbocycles. The first-order valence-corrected chi connectivity index (χ1v) is 3.20. The quantitative estimate of drug-likeness (QED) is 0.612. The third-order valence-corrected chi connectivity index (χ3v) is 1.33. The van der Waals surface area contributed by atoms with Crippen molar-refractivity contribution in [3.63, 3.8) is 0 Å². The molecule has 0 fully saturated rings. The van der Waals surface area contributed by atoms with Gasteiger partial charge in [0.05, 0.1) is 0 Å². The number of H-pyrrole nitrogens is 1.